The van der Waals surface area contributed by atoms with E-state index in [0.29, 0.717) is 0 Å². The Labute approximate surface area is 155 Å². The van der Waals surface area contributed by atoms with Crippen LogP contribution in [0.25, 0.3) is 10.9 Å². The fourth-order valence-corrected chi connectivity index (χ4v) is 3.29. The molecule has 3 rings (SSSR count). The highest BCUT2D eigenvalue weighted by atomic mass is 16.6. The summed E-state index contributed by atoms with van der Waals surface area (Å²) in [4.78, 5) is 34.8. The van der Waals surface area contributed by atoms with E-state index in [-0.39, 0.29) is 6.61 Å². The third-order valence-corrected chi connectivity index (χ3v) is 4.23. The minimum Gasteiger partial charge on any atom is -0.456 e. The molecule has 0 bridgehead atoms. The Morgan fingerprint density at radius 2 is 1.56 bits per heavy atom. The average Bonchev–Trinajstić information content (AvgIpc) is 3.00. The van der Waals surface area contributed by atoms with Gasteiger partial charge in [-0.1, -0.05) is 18.2 Å². The van der Waals surface area contributed by atoms with Crippen LogP contribution in [0.15, 0.2) is 36.5 Å². The van der Waals surface area contributed by atoms with Crippen LogP contribution < -0.4 is 0 Å². The van der Waals surface area contributed by atoms with Gasteiger partial charge in [0.15, 0.2) is 24.5 Å². The summed E-state index contributed by atoms with van der Waals surface area (Å²) in [7, 11) is 0. The molecule has 0 radical (unpaired) electrons. The molecule has 0 saturated carbocycles. The number of benzene rings is 1. The molecule has 144 valence electrons. The number of hydrogen-bond donors (Lipinski definition) is 0. The van der Waals surface area contributed by atoms with Crippen LogP contribution in [0.4, 0.5) is 0 Å². The molecule has 0 N–H and O–H groups in total. The number of aromatic nitrogens is 1. The Balaban J connectivity index is 2.01. The van der Waals surface area contributed by atoms with E-state index < -0.39 is 42.4 Å². The zero-order chi connectivity index (χ0) is 19.6. The number of fused-ring (bicyclic) bond motifs is 1. The molecule has 27 heavy (non-hydrogen) atoms. The standard InChI is InChI=1S/C19H21NO7/c1-11(21)25-16-10-24-19(18(27-13(3)23)17(16)26-12(2)22)20-9-8-14-6-4-5-7-15(14)20/h4-9,16-19H,10H2,1-3H3/t16-,17-,18+,19-/m0/s1. The van der Waals surface area contributed by atoms with Gasteiger partial charge in [0.25, 0.3) is 0 Å². The topological polar surface area (TPSA) is 93.1 Å². The molecule has 1 saturated heterocycles. The lowest BCUT2D eigenvalue weighted by molar-refractivity contribution is -0.239. The van der Waals surface area contributed by atoms with Gasteiger partial charge in [0.1, 0.15) is 0 Å². The number of ether oxygens (including phenoxy) is 4. The molecular formula is C19H21NO7. The van der Waals surface area contributed by atoms with Gasteiger partial charge < -0.3 is 23.5 Å². The molecule has 1 aliphatic heterocycles. The molecule has 1 aliphatic rings. The Hall–Kier alpha value is -2.87. The second kappa shape index (κ2) is 7.79. The first kappa shape index (κ1) is 18.9. The first-order valence-electron chi connectivity index (χ1n) is 8.55. The van der Waals surface area contributed by atoms with E-state index in [1.54, 1.807) is 0 Å². The Morgan fingerprint density at radius 3 is 2.22 bits per heavy atom. The fraction of sp³-hybridized carbons (Fsp3) is 0.421. The predicted octanol–water partition coefficient (Wildman–Crippen LogP) is 1.97. The highest BCUT2D eigenvalue weighted by Crippen LogP contribution is 2.33. The maximum atomic E-state index is 11.7. The van der Waals surface area contributed by atoms with Crippen molar-refractivity contribution in [2.45, 2.75) is 45.3 Å². The van der Waals surface area contributed by atoms with E-state index in [0.717, 1.165) is 10.9 Å². The Bertz CT molecular complexity index is 859. The molecule has 1 aromatic heterocycles. The van der Waals surface area contributed by atoms with Gasteiger partial charge in [-0.05, 0) is 17.5 Å². The minimum absolute atomic E-state index is 0.00748. The lowest BCUT2D eigenvalue weighted by Gasteiger charge is -2.41. The molecule has 0 amide bonds. The maximum absolute atomic E-state index is 11.7. The van der Waals surface area contributed by atoms with Crippen molar-refractivity contribution in [3.8, 4) is 0 Å². The number of nitrogens with zero attached hydrogens (tertiary/aromatic N) is 1. The second-order valence-electron chi connectivity index (χ2n) is 6.30. The van der Waals surface area contributed by atoms with E-state index in [1.807, 2.05) is 41.1 Å². The van der Waals surface area contributed by atoms with Crippen molar-refractivity contribution in [3.05, 3.63) is 36.5 Å². The third kappa shape index (κ3) is 4.11. The maximum Gasteiger partial charge on any atom is 0.303 e. The Morgan fingerprint density at radius 1 is 0.926 bits per heavy atom. The molecule has 2 aromatic rings. The van der Waals surface area contributed by atoms with Crippen LogP contribution >= 0.6 is 0 Å². The summed E-state index contributed by atoms with van der Waals surface area (Å²) in [5, 5.41) is 0.980. The molecule has 8 heteroatoms. The number of rotatable bonds is 4. The molecule has 8 nitrogen and oxygen atoms in total. The number of esters is 3. The summed E-state index contributed by atoms with van der Waals surface area (Å²) in [6.45, 7) is 3.74. The van der Waals surface area contributed by atoms with Crippen molar-refractivity contribution in [1.82, 2.24) is 4.57 Å². The number of hydrogen-bond acceptors (Lipinski definition) is 7. The minimum atomic E-state index is -0.991. The lowest BCUT2D eigenvalue weighted by Crippen LogP contribution is -2.55. The summed E-state index contributed by atoms with van der Waals surface area (Å²) in [5.41, 5.74) is 0.868. The SMILES string of the molecule is CC(=O)O[C@@H]1[C@@H](OC(C)=O)[C@@H](n2ccc3ccccc32)OC[C@@H]1OC(C)=O. The van der Waals surface area contributed by atoms with Crippen LogP contribution in [-0.4, -0.2) is 47.4 Å². The summed E-state index contributed by atoms with van der Waals surface area (Å²) in [5.74, 6) is -1.69. The van der Waals surface area contributed by atoms with Gasteiger partial charge in [-0.3, -0.25) is 14.4 Å². The molecule has 0 unspecified atom stereocenters. The van der Waals surface area contributed by atoms with Gasteiger partial charge in [-0.25, -0.2) is 0 Å². The Kier molecular flexibility index (Phi) is 5.46. The third-order valence-electron chi connectivity index (χ3n) is 4.23. The van der Waals surface area contributed by atoms with Crippen molar-refractivity contribution < 1.29 is 33.3 Å². The van der Waals surface area contributed by atoms with Crippen molar-refractivity contribution >= 4 is 28.8 Å². The van der Waals surface area contributed by atoms with Crippen LogP contribution in [0.1, 0.15) is 27.0 Å². The van der Waals surface area contributed by atoms with E-state index in [9.17, 15) is 14.4 Å². The van der Waals surface area contributed by atoms with E-state index in [2.05, 4.69) is 0 Å². The highest BCUT2D eigenvalue weighted by Gasteiger charge is 2.47. The molecular weight excluding hydrogens is 354 g/mol. The van der Waals surface area contributed by atoms with Crippen molar-refractivity contribution in [2.75, 3.05) is 6.61 Å². The van der Waals surface area contributed by atoms with Gasteiger partial charge in [0.2, 0.25) is 0 Å². The summed E-state index contributed by atoms with van der Waals surface area (Å²) >= 11 is 0. The number of para-hydroxylation sites is 1. The van der Waals surface area contributed by atoms with Crippen molar-refractivity contribution in [3.63, 3.8) is 0 Å². The fourth-order valence-electron chi connectivity index (χ4n) is 3.29. The second-order valence-corrected chi connectivity index (χ2v) is 6.30. The van der Waals surface area contributed by atoms with Crippen LogP contribution in [0.2, 0.25) is 0 Å². The van der Waals surface area contributed by atoms with Gasteiger partial charge in [0, 0.05) is 27.0 Å². The van der Waals surface area contributed by atoms with Crippen LogP contribution in [0.3, 0.4) is 0 Å². The quantitative estimate of drug-likeness (QED) is 0.596. The first-order chi connectivity index (χ1) is 12.9. The smallest absolute Gasteiger partial charge is 0.303 e. The summed E-state index contributed by atoms with van der Waals surface area (Å²) in [6, 6.07) is 9.55. The van der Waals surface area contributed by atoms with Crippen LogP contribution in [0.5, 0.6) is 0 Å². The molecule has 0 spiro atoms. The van der Waals surface area contributed by atoms with Crippen molar-refractivity contribution in [1.29, 1.82) is 0 Å². The van der Waals surface area contributed by atoms with E-state index >= 15 is 0 Å². The number of carbonyl (C=O) groups is 3. The normalized spacial score (nSPS) is 25.0. The van der Waals surface area contributed by atoms with Gasteiger partial charge in [0.05, 0.1) is 12.1 Å². The largest absolute Gasteiger partial charge is 0.456 e. The van der Waals surface area contributed by atoms with Crippen LogP contribution in [0, 0.1) is 0 Å². The van der Waals surface area contributed by atoms with E-state index in [1.165, 1.54) is 20.8 Å². The van der Waals surface area contributed by atoms with Gasteiger partial charge in [-0.2, -0.15) is 0 Å². The molecule has 1 aromatic carbocycles. The monoisotopic (exact) mass is 375 g/mol. The average molecular weight is 375 g/mol. The predicted molar refractivity (Wildman–Crippen MR) is 93.6 cm³/mol. The number of carbonyl (C=O) groups excluding carboxylic acids is 3. The lowest BCUT2D eigenvalue weighted by atomic mass is 10.0. The first-order valence-corrected chi connectivity index (χ1v) is 8.55. The van der Waals surface area contributed by atoms with Crippen molar-refractivity contribution in [2.24, 2.45) is 0 Å². The molecule has 0 aliphatic carbocycles. The molecule has 4 atom stereocenters. The van der Waals surface area contributed by atoms with E-state index in [4.69, 9.17) is 18.9 Å². The summed E-state index contributed by atoms with van der Waals surface area (Å²) < 4.78 is 23.7. The van der Waals surface area contributed by atoms with Gasteiger partial charge >= 0.3 is 17.9 Å². The molecule has 2 heterocycles. The summed E-state index contributed by atoms with van der Waals surface area (Å²) in [6.07, 6.45) is -1.79. The zero-order valence-corrected chi connectivity index (χ0v) is 15.3. The zero-order valence-electron chi connectivity index (χ0n) is 15.3. The highest BCUT2D eigenvalue weighted by molar-refractivity contribution is 5.80. The van der Waals surface area contributed by atoms with Crippen LogP contribution in [-0.2, 0) is 33.3 Å². The van der Waals surface area contributed by atoms with Gasteiger partial charge in [-0.15, -0.1) is 0 Å². The molecule has 1 fully saturated rings.